The van der Waals surface area contributed by atoms with Crippen molar-refractivity contribution in [3.63, 3.8) is 0 Å². The number of aliphatic hydroxyl groups is 1. The zero-order valence-electron chi connectivity index (χ0n) is 11.0. The van der Waals surface area contributed by atoms with Crippen molar-refractivity contribution in [3.05, 3.63) is 17.8 Å². The summed E-state index contributed by atoms with van der Waals surface area (Å²) in [5, 5.41) is 9.18. The van der Waals surface area contributed by atoms with Crippen LogP contribution >= 0.6 is 0 Å². The van der Waals surface area contributed by atoms with Gasteiger partial charge in [-0.3, -0.25) is 0 Å². The molecule has 1 aliphatic rings. The lowest BCUT2D eigenvalue weighted by atomic mass is 9.91. The number of aromatic nitrogens is 1. The fourth-order valence-corrected chi connectivity index (χ4v) is 2.17. The lowest BCUT2D eigenvalue weighted by molar-refractivity contribution is 0.0594. The van der Waals surface area contributed by atoms with Gasteiger partial charge in [-0.05, 0) is 31.4 Å². The molecule has 3 N–H and O–H groups in total. The predicted octanol–water partition coefficient (Wildman–Crippen LogP) is 0.802. The second-order valence-corrected chi connectivity index (χ2v) is 4.60. The molecule has 0 bridgehead atoms. The van der Waals surface area contributed by atoms with E-state index in [0.717, 1.165) is 12.8 Å². The van der Waals surface area contributed by atoms with Crippen LogP contribution in [0.5, 0.6) is 0 Å². The summed E-state index contributed by atoms with van der Waals surface area (Å²) in [5.41, 5.74) is 6.68. The van der Waals surface area contributed by atoms with Crippen molar-refractivity contribution in [2.45, 2.75) is 25.3 Å². The number of anilines is 2. The topological polar surface area (TPSA) is 88.7 Å². The number of esters is 1. The zero-order chi connectivity index (χ0) is 13.8. The van der Waals surface area contributed by atoms with Crippen LogP contribution in [0, 0.1) is 0 Å². The largest absolute Gasteiger partial charge is 0.464 e. The first kappa shape index (κ1) is 13.6. The van der Waals surface area contributed by atoms with Gasteiger partial charge in [-0.1, -0.05) is 0 Å². The number of nitrogens with two attached hydrogens (primary N) is 1. The number of methoxy groups -OCH3 is 1. The van der Waals surface area contributed by atoms with E-state index in [1.807, 2.05) is 4.90 Å². The lowest BCUT2D eigenvalue weighted by Gasteiger charge is -2.38. The van der Waals surface area contributed by atoms with E-state index < -0.39 is 5.97 Å². The van der Waals surface area contributed by atoms with Crippen LogP contribution in [0.3, 0.4) is 0 Å². The Morgan fingerprint density at radius 3 is 2.84 bits per heavy atom. The number of carbonyl (C=O) groups is 1. The molecule has 0 amide bonds. The van der Waals surface area contributed by atoms with Crippen LogP contribution in [0.15, 0.2) is 12.1 Å². The Balaban J connectivity index is 2.31. The third kappa shape index (κ3) is 2.78. The second kappa shape index (κ2) is 5.88. The SMILES string of the molecule is COC(=O)c1ccc(N)c(N(CCO)C2CCC2)n1. The number of rotatable bonds is 5. The molecule has 6 nitrogen and oxygen atoms in total. The molecular weight excluding hydrogens is 246 g/mol. The Morgan fingerprint density at radius 1 is 1.58 bits per heavy atom. The average Bonchev–Trinajstić information content (AvgIpc) is 2.36. The average molecular weight is 265 g/mol. The van der Waals surface area contributed by atoms with Crippen molar-refractivity contribution in [2.24, 2.45) is 0 Å². The summed E-state index contributed by atoms with van der Waals surface area (Å²) < 4.78 is 4.66. The van der Waals surface area contributed by atoms with Gasteiger partial charge in [0.05, 0.1) is 19.4 Å². The van der Waals surface area contributed by atoms with Crippen LogP contribution in [0.25, 0.3) is 0 Å². The standard InChI is InChI=1S/C13H19N3O3/c1-19-13(18)11-6-5-10(14)12(15-11)16(7-8-17)9-3-2-4-9/h5-6,9,17H,2-4,7-8,14H2,1H3. The quantitative estimate of drug-likeness (QED) is 0.766. The maximum Gasteiger partial charge on any atom is 0.356 e. The molecule has 104 valence electrons. The Labute approximate surface area is 112 Å². The number of nitrogen functional groups attached to an aromatic ring is 1. The van der Waals surface area contributed by atoms with Crippen LogP contribution in [-0.2, 0) is 4.74 Å². The van der Waals surface area contributed by atoms with Crippen LogP contribution in [-0.4, -0.2) is 42.4 Å². The maximum absolute atomic E-state index is 11.5. The van der Waals surface area contributed by atoms with Gasteiger partial charge < -0.3 is 20.5 Å². The number of ether oxygens (including phenoxy) is 1. The van der Waals surface area contributed by atoms with Crippen LogP contribution in [0.2, 0.25) is 0 Å². The van der Waals surface area contributed by atoms with Crippen LogP contribution < -0.4 is 10.6 Å². The van der Waals surface area contributed by atoms with Crippen molar-refractivity contribution < 1.29 is 14.6 Å². The zero-order valence-corrected chi connectivity index (χ0v) is 11.0. The molecule has 1 saturated carbocycles. The van der Waals surface area contributed by atoms with Gasteiger partial charge >= 0.3 is 5.97 Å². The molecule has 0 saturated heterocycles. The minimum absolute atomic E-state index is 0.0278. The summed E-state index contributed by atoms with van der Waals surface area (Å²) in [4.78, 5) is 17.8. The minimum atomic E-state index is -0.487. The van der Waals surface area contributed by atoms with Crippen LogP contribution in [0.4, 0.5) is 11.5 Å². The molecular formula is C13H19N3O3. The first-order valence-electron chi connectivity index (χ1n) is 6.39. The monoisotopic (exact) mass is 265 g/mol. The van der Waals surface area contributed by atoms with E-state index in [-0.39, 0.29) is 12.3 Å². The van der Waals surface area contributed by atoms with Gasteiger partial charge in [0.1, 0.15) is 0 Å². The lowest BCUT2D eigenvalue weighted by Crippen LogP contribution is -2.43. The van der Waals surface area contributed by atoms with E-state index in [1.54, 1.807) is 12.1 Å². The van der Waals surface area contributed by atoms with Crippen molar-refractivity contribution in [2.75, 3.05) is 30.9 Å². The van der Waals surface area contributed by atoms with Crippen molar-refractivity contribution in [1.29, 1.82) is 0 Å². The number of nitrogens with zero attached hydrogens (tertiary/aromatic N) is 2. The molecule has 1 fully saturated rings. The predicted molar refractivity (Wildman–Crippen MR) is 72.1 cm³/mol. The van der Waals surface area contributed by atoms with Crippen molar-refractivity contribution in [3.8, 4) is 0 Å². The van der Waals surface area contributed by atoms with E-state index in [1.165, 1.54) is 13.5 Å². The number of aliphatic hydroxyl groups excluding tert-OH is 1. The summed E-state index contributed by atoms with van der Waals surface area (Å²) in [7, 11) is 1.32. The summed E-state index contributed by atoms with van der Waals surface area (Å²) in [6, 6.07) is 3.54. The molecule has 1 aromatic rings. The second-order valence-electron chi connectivity index (χ2n) is 4.60. The fourth-order valence-electron chi connectivity index (χ4n) is 2.17. The molecule has 0 spiro atoms. The fraction of sp³-hybridized carbons (Fsp3) is 0.538. The van der Waals surface area contributed by atoms with E-state index in [2.05, 4.69) is 9.72 Å². The summed E-state index contributed by atoms with van der Waals surface area (Å²) in [6.07, 6.45) is 3.29. The Bertz CT molecular complexity index is 460. The number of hydrogen-bond donors (Lipinski definition) is 2. The number of carbonyl (C=O) groups excluding carboxylic acids is 1. The molecule has 1 aliphatic carbocycles. The third-order valence-electron chi connectivity index (χ3n) is 3.43. The first-order valence-corrected chi connectivity index (χ1v) is 6.39. The van der Waals surface area contributed by atoms with Crippen molar-refractivity contribution >= 4 is 17.5 Å². The van der Waals surface area contributed by atoms with Gasteiger partial charge in [0.2, 0.25) is 0 Å². The molecule has 19 heavy (non-hydrogen) atoms. The molecule has 0 atom stereocenters. The minimum Gasteiger partial charge on any atom is -0.464 e. The maximum atomic E-state index is 11.5. The molecule has 1 heterocycles. The van der Waals surface area contributed by atoms with Gasteiger partial charge in [0.25, 0.3) is 0 Å². The number of hydrogen-bond acceptors (Lipinski definition) is 6. The summed E-state index contributed by atoms with van der Waals surface area (Å²) in [5.74, 6) is 0.0699. The molecule has 6 heteroatoms. The summed E-state index contributed by atoms with van der Waals surface area (Å²) >= 11 is 0. The third-order valence-corrected chi connectivity index (χ3v) is 3.43. The molecule has 0 aliphatic heterocycles. The normalized spacial score (nSPS) is 14.8. The first-order chi connectivity index (χ1) is 9.17. The van der Waals surface area contributed by atoms with Gasteiger partial charge in [-0.25, -0.2) is 9.78 Å². The van der Waals surface area contributed by atoms with Gasteiger partial charge in [-0.2, -0.15) is 0 Å². The van der Waals surface area contributed by atoms with Gasteiger partial charge in [0, 0.05) is 12.6 Å². The van der Waals surface area contributed by atoms with E-state index in [0.29, 0.717) is 24.1 Å². The number of pyridine rings is 1. The van der Waals surface area contributed by atoms with E-state index in [4.69, 9.17) is 5.73 Å². The highest BCUT2D eigenvalue weighted by Gasteiger charge is 2.27. The molecule has 2 rings (SSSR count). The Kier molecular flexibility index (Phi) is 4.21. The van der Waals surface area contributed by atoms with Crippen LogP contribution in [0.1, 0.15) is 29.8 Å². The molecule has 0 unspecified atom stereocenters. The smallest absolute Gasteiger partial charge is 0.356 e. The summed E-state index contributed by atoms with van der Waals surface area (Å²) in [6.45, 7) is 0.493. The van der Waals surface area contributed by atoms with E-state index in [9.17, 15) is 9.90 Å². The van der Waals surface area contributed by atoms with Gasteiger partial charge in [-0.15, -0.1) is 0 Å². The Hall–Kier alpha value is -1.82. The molecule has 1 aromatic heterocycles. The van der Waals surface area contributed by atoms with E-state index >= 15 is 0 Å². The highest BCUT2D eigenvalue weighted by molar-refractivity contribution is 5.88. The highest BCUT2D eigenvalue weighted by atomic mass is 16.5. The van der Waals surface area contributed by atoms with Gasteiger partial charge in [0.15, 0.2) is 11.5 Å². The highest BCUT2D eigenvalue weighted by Crippen LogP contribution is 2.31. The molecule has 0 radical (unpaired) electrons. The Morgan fingerprint density at radius 2 is 2.32 bits per heavy atom. The molecule has 0 aromatic carbocycles. The van der Waals surface area contributed by atoms with Crippen molar-refractivity contribution in [1.82, 2.24) is 4.98 Å².